The summed E-state index contributed by atoms with van der Waals surface area (Å²) < 4.78 is 5.94. The third kappa shape index (κ3) is 7.60. The Hall–Kier alpha value is -2.33. The molecule has 0 bridgehead atoms. The van der Waals surface area contributed by atoms with Crippen LogP contribution < -0.4 is 4.74 Å². The van der Waals surface area contributed by atoms with Gasteiger partial charge in [-0.25, -0.2) is 0 Å². The zero-order valence-electron chi connectivity index (χ0n) is 20.1. The van der Waals surface area contributed by atoms with Crippen molar-refractivity contribution in [1.82, 2.24) is 4.90 Å². The van der Waals surface area contributed by atoms with Crippen LogP contribution in [0.2, 0.25) is 5.02 Å². The molecule has 4 heteroatoms. The normalized spacial score (nSPS) is 13.2. The summed E-state index contributed by atoms with van der Waals surface area (Å²) in [5, 5.41) is 12.5. The lowest BCUT2D eigenvalue weighted by Gasteiger charge is -2.29. The molecule has 1 atom stereocenters. The molecule has 3 rings (SSSR count). The van der Waals surface area contributed by atoms with Gasteiger partial charge in [-0.1, -0.05) is 79.5 Å². The van der Waals surface area contributed by atoms with E-state index in [1.165, 1.54) is 11.1 Å². The number of rotatable bonds is 12. The van der Waals surface area contributed by atoms with E-state index in [0.717, 1.165) is 42.9 Å². The minimum absolute atomic E-state index is 0.526. The molecule has 0 heterocycles. The van der Waals surface area contributed by atoms with Crippen LogP contribution in [0.25, 0.3) is 0 Å². The van der Waals surface area contributed by atoms with Crippen molar-refractivity contribution in [3.63, 3.8) is 0 Å². The fraction of sp³-hybridized carbons (Fsp3) is 0.379. The highest BCUT2D eigenvalue weighted by Gasteiger charge is 2.29. The van der Waals surface area contributed by atoms with Gasteiger partial charge in [0.25, 0.3) is 0 Å². The molecular formula is C29H36ClNO2. The molecule has 0 spiro atoms. The molecule has 33 heavy (non-hydrogen) atoms. The van der Waals surface area contributed by atoms with Gasteiger partial charge >= 0.3 is 0 Å². The van der Waals surface area contributed by atoms with Crippen LogP contribution >= 0.6 is 11.6 Å². The van der Waals surface area contributed by atoms with Gasteiger partial charge in [0.05, 0.1) is 5.60 Å². The Labute approximate surface area is 204 Å². The SMILES string of the molecule is CCN(CC)CCOc1ccc(C(O)(CCc2ccc(C)cc2)Cc2ccc(Cl)cc2)cc1. The third-order valence-corrected chi connectivity index (χ3v) is 6.57. The van der Waals surface area contributed by atoms with Crippen LogP contribution in [0.4, 0.5) is 0 Å². The molecular weight excluding hydrogens is 430 g/mol. The summed E-state index contributed by atoms with van der Waals surface area (Å²) >= 11 is 6.07. The van der Waals surface area contributed by atoms with Crippen molar-refractivity contribution in [3.05, 3.63) is 100 Å². The van der Waals surface area contributed by atoms with Crippen molar-refractivity contribution in [2.24, 2.45) is 0 Å². The second kappa shape index (κ2) is 12.2. The van der Waals surface area contributed by atoms with Crippen LogP contribution in [-0.2, 0) is 18.4 Å². The number of hydrogen-bond donors (Lipinski definition) is 1. The molecule has 0 aliphatic carbocycles. The number of aryl methyl sites for hydroxylation is 2. The Morgan fingerprint density at radius 1 is 0.848 bits per heavy atom. The van der Waals surface area contributed by atoms with E-state index in [1.807, 2.05) is 48.5 Å². The van der Waals surface area contributed by atoms with Gasteiger partial charge in [-0.05, 0) is 73.8 Å². The van der Waals surface area contributed by atoms with Crippen molar-refractivity contribution in [2.45, 2.75) is 45.6 Å². The average molecular weight is 466 g/mol. The molecule has 3 aromatic carbocycles. The van der Waals surface area contributed by atoms with Crippen LogP contribution in [0.5, 0.6) is 5.75 Å². The monoisotopic (exact) mass is 465 g/mol. The predicted octanol–water partition coefficient (Wildman–Crippen LogP) is 6.43. The van der Waals surface area contributed by atoms with Gasteiger partial charge < -0.3 is 14.7 Å². The summed E-state index contributed by atoms with van der Waals surface area (Å²) in [7, 11) is 0. The number of benzene rings is 3. The fourth-order valence-corrected chi connectivity index (χ4v) is 4.20. The Kier molecular flexibility index (Phi) is 9.37. The first kappa shape index (κ1) is 25.3. The summed E-state index contributed by atoms with van der Waals surface area (Å²) in [6.45, 7) is 10.0. The summed E-state index contributed by atoms with van der Waals surface area (Å²) in [4.78, 5) is 2.34. The van der Waals surface area contributed by atoms with E-state index in [4.69, 9.17) is 16.3 Å². The van der Waals surface area contributed by atoms with E-state index in [0.29, 0.717) is 24.5 Å². The van der Waals surface area contributed by atoms with Crippen molar-refractivity contribution >= 4 is 11.6 Å². The van der Waals surface area contributed by atoms with Crippen LogP contribution in [-0.4, -0.2) is 36.2 Å². The first-order valence-corrected chi connectivity index (χ1v) is 12.3. The molecule has 3 aromatic rings. The molecule has 3 nitrogen and oxygen atoms in total. The predicted molar refractivity (Wildman–Crippen MR) is 138 cm³/mol. The zero-order valence-corrected chi connectivity index (χ0v) is 20.8. The average Bonchev–Trinajstić information content (AvgIpc) is 2.83. The summed E-state index contributed by atoms with van der Waals surface area (Å²) in [5.41, 5.74) is 3.45. The van der Waals surface area contributed by atoms with Crippen LogP contribution in [0.15, 0.2) is 72.8 Å². The van der Waals surface area contributed by atoms with Crippen molar-refractivity contribution in [1.29, 1.82) is 0 Å². The smallest absolute Gasteiger partial charge is 0.119 e. The first-order valence-electron chi connectivity index (χ1n) is 11.9. The fourth-order valence-electron chi connectivity index (χ4n) is 4.07. The highest BCUT2D eigenvalue weighted by atomic mass is 35.5. The zero-order chi connectivity index (χ0) is 23.7. The summed E-state index contributed by atoms with van der Waals surface area (Å²) in [5.74, 6) is 0.832. The van der Waals surface area contributed by atoms with Crippen molar-refractivity contribution < 1.29 is 9.84 Å². The van der Waals surface area contributed by atoms with Crippen LogP contribution in [0, 0.1) is 6.92 Å². The van der Waals surface area contributed by atoms with Gasteiger partial charge in [0.1, 0.15) is 12.4 Å². The van der Waals surface area contributed by atoms with E-state index < -0.39 is 5.60 Å². The van der Waals surface area contributed by atoms with E-state index in [1.54, 1.807) is 0 Å². The molecule has 0 aliphatic heterocycles. The topological polar surface area (TPSA) is 32.7 Å². The maximum atomic E-state index is 11.8. The number of likely N-dealkylation sites (N-methyl/N-ethyl adjacent to an activating group) is 1. The van der Waals surface area contributed by atoms with Crippen molar-refractivity contribution in [2.75, 3.05) is 26.2 Å². The lowest BCUT2D eigenvalue weighted by Crippen LogP contribution is -2.29. The Morgan fingerprint density at radius 2 is 1.45 bits per heavy atom. The van der Waals surface area contributed by atoms with Gasteiger partial charge in [0.2, 0.25) is 0 Å². The quantitative estimate of drug-likeness (QED) is 0.334. The largest absolute Gasteiger partial charge is 0.492 e. The number of aliphatic hydroxyl groups is 1. The van der Waals surface area contributed by atoms with Gasteiger partial charge in [0, 0.05) is 18.0 Å². The Balaban J connectivity index is 1.74. The molecule has 0 aliphatic rings. The molecule has 0 radical (unpaired) electrons. The molecule has 1 N–H and O–H groups in total. The lowest BCUT2D eigenvalue weighted by molar-refractivity contribution is 0.0279. The molecule has 0 amide bonds. The number of ether oxygens (including phenoxy) is 1. The Morgan fingerprint density at radius 3 is 2.06 bits per heavy atom. The lowest BCUT2D eigenvalue weighted by atomic mass is 9.82. The molecule has 0 aromatic heterocycles. The molecule has 0 saturated carbocycles. The van der Waals surface area contributed by atoms with E-state index in [2.05, 4.69) is 49.9 Å². The van der Waals surface area contributed by atoms with Crippen molar-refractivity contribution in [3.8, 4) is 5.75 Å². The van der Waals surface area contributed by atoms with E-state index in [9.17, 15) is 5.11 Å². The molecule has 1 unspecified atom stereocenters. The molecule has 176 valence electrons. The highest BCUT2D eigenvalue weighted by Crippen LogP contribution is 2.32. The second-order valence-electron chi connectivity index (χ2n) is 8.72. The van der Waals surface area contributed by atoms with E-state index >= 15 is 0 Å². The van der Waals surface area contributed by atoms with Gasteiger partial charge in [0.15, 0.2) is 0 Å². The number of hydrogen-bond acceptors (Lipinski definition) is 3. The minimum atomic E-state index is -0.988. The maximum Gasteiger partial charge on any atom is 0.119 e. The number of halogens is 1. The highest BCUT2D eigenvalue weighted by molar-refractivity contribution is 6.30. The van der Waals surface area contributed by atoms with E-state index in [-0.39, 0.29) is 0 Å². The van der Waals surface area contributed by atoms with Gasteiger partial charge in [-0.15, -0.1) is 0 Å². The number of nitrogens with zero attached hydrogens (tertiary/aromatic N) is 1. The van der Waals surface area contributed by atoms with Crippen LogP contribution in [0.1, 0.15) is 42.5 Å². The van der Waals surface area contributed by atoms with Crippen LogP contribution in [0.3, 0.4) is 0 Å². The second-order valence-corrected chi connectivity index (χ2v) is 9.16. The van der Waals surface area contributed by atoms with Gasteiger partial charge in [-0.3, -0.25) is 0 Å². The maximum absolute atomic E-state index is 11.8. The molecule has 0 fully saturated rings. The summed E-state index contributed by atoms with van der Waals surface area (Å²) in [6, 6.07) is 24.2. The van der Waals surface area contributed by atoms with Gasteiger partial charge in [-0.2, -0.15) is 0 Å². The Bertz CT molecular complexity index is 966. The standard InChI is InChI=1S/C29H36ClNO2/c1-4-31(5-2)20-21-33-28-16-12-26(13-17-28)29(32,22-25-10-14-27(30)15-11-25)19-18-24-8-6-23(3)7-9-24/h6-17,32H,4-5,18-22H2,1-3H3. The third-order valence-electron chi connectivity index (χ3n) is 6.32. The first-order chi connectivity index (χ1) is 15.9. The minimum Gasteiger partial charge on any atom is -0.492 e. The molecule has 0 saturated heterocycles. The summed E-state index contributed by atoms with van der Waals surface area (Å²) in [6.07, 6.45) is 1.95.